The maximum Gasteiger partial charge on any atom is 0.322 e. The Morgan fingerprint density at radius 2 is 1.14 bits per heavy atom. The molecule has 0 saturated carbocycles. The molecule has 0 aliphatic carbocycles. The maximum absolute atomic E-state index is 12.3. The summed E-state index contributed by atoms with van der Waals surface area (Å²) in [5.41, 5.74) is 1.45. The fourth-order valence-electron chi connectivity index (χ4n) is 3.20. The van der Waals surface area contributed by atoms with Gasteiger partial charge < -0.3 is 15.4 Å². The summed E-state index contributed by atoms with van der Waals surface area (Å²) in [5.74, 6) is -0.478. The Hall–Kier alpha value is -2.19. The second kappa shape index (κ2) is 13.8. The molecule has 0 fully saturated rings. The van der Waals surface area contributed by atoms with Crippen LogP contribution in [0.5, 0.6) is 0 Å². The lowest BCUT2D eigenvalue weighted by Crippen LogP contribution is -2.43. The number of carbonyl (C=O) groups is 3. The predicted molar refractivity (Wildman–Crippen MR) is 147 cm³/mol. The van der Waals surface area contributed by atoms with E-state index >= 15 is 0 Å². The van der Waals surface area contributed by atoms with Gasteiger partial charge in [0, 0.05) is 18.5 Å². The quantitative estimate of drug-likeness (QED) is 0.289. The topological polar surface area (TPSA) is 84.5 Å². The van der Waals surface area contributed by atoms with Crippen molar-refractivity contribution >= 4 is 49.6 Å². The maximum atomic E-state index is 12.3. The molecule has 0 bridgehead atoms. The highest BCUT2D eigenvalue weighted by molar-refractivity contribution is 9.10. The van der Waals surface area contributed by atoms with Gasteiger partial charge in [-0.1, -0.05) is 106 Å². The Bertz CT molecular complexity index is 956. The number of carbonyl (C=O) groups excluding carboxylic acids is 3. The third kappa shape index (κ3) is 11.4. The van der Waals surface area contributed by atoms with Crippen molar-refractivity contribution in [2.45, 2.75) is 62.8 Å². The first-order chi connectivity index (χ1) is 16.2. The fourth-order valence-corrected chi connectivity index (χ4v) is 4.20. The second-order valence-electron chi connectivity index (χ2n) is 9.56. The fraction of sp³-hybridized carbons (Fsp3) is 0.444. The van der Waals surface area contributed by atoms with Crippen molar-refractivity contribution in [1.82, 2.24) is 10.6 Å². The first-order valence-electron chi connectivity index (χ1n) is 11.3. The number of esters is 1. The molecule has 2 rings (SSSR count). The SMILES string of the molecule is CC(C)(Br)C(=O)NCc1ccccc1.COC(=O)C(C)(Br)CC(C)(C)C(=O)NCc1ccccc1. The van der Waals surface area contributed by atoms with Gasteiger partial charge in [-0.3, -0.25) is 14.4 Å². The van der Waals surface area contributed by atoms with E-state index in [0.29, 0.717) is 19.5 Å². The van der Waals surface area contributed by atoms with Crippen LogP contribution in [0.1, 0.15) is 52.2 Å². The summed E-state index contributed by atoms with van der Waals surface area (Å²) in [6, 6.07) is 19.6. The Balaban J connectivity index is 0.000000379. The zero-order valence-electron chi connectivity index (χ0n) is 21.3. The highest BCUT2D eigenvalue weighted by atomic mass is 79.9. The van der Waals surface area contributed by atoms with E-state index < -0.39 is 14.1 Å². The molecule has 0 heterocycles. The summed E-state index contributed by atoms with van der Waals surface area (Å²) in [6.07, 6.45) is 0.341. The Kier molecular flexibility index (Phi) is 12.1. The number of nitrogens with one attached hydrogen (secondary N) is 2. The summed E-state index contributed by atoms with van der Waals surface area (Å²) in [5, 5.41) is 5.76. The number of alkyl halides is 2. The van der Waals surface area contributed by atoms with E-state index in [1.54, 1.807) is 6.92 Å². The lowest BCUT2D eigenvalue weighted by Gasteiger charge is -2.30. The van der Waals surface area contributed by atoms with Gasteiger partial charge in [-0.25, -0.2) is 0 Å². The summed E-state index contributed by atoms with van der Waals surface area (Å²) < 4.78 is 3.37. The van der Waals surface area contributed by atoms with Crippen LogP contribution in [0.15, 0.2) is 60.7 Å². The molecule has 0 aliphatic rings. The van der Waals surface area contributed by atoms with Crippen LogP contribution in [-0.2, 0) is 32.2 Å². The molecule has 2 aromatic carbocycles. The van der Waals surface area contributed by atoms with Gasteiger partial charge in [-0.05, 0) is 38.3 Å². The van der Waals surface area contributed by atoms with Gasteiger partial charge in [-0.2, -0.15) is 0 Å². The largest absolute Gasteiger partial charge is 0.468 e. The lowest BCUT2D eigenvalue weighted by atomic mass is 9.82. The molecule has 2 aromatic rings. The van der Waals surface area contributed by atoms with Crippen molar-refractivity contribution in [2.24, 2.45) is 5.41 Å². The summed E-state index contributed by atoms with van der Waals surface area (Å²) in [6.45, 7) is 10.0. The zero-order chi connectivity index (χ0) is 26.7. The molecule has 0 aliphatic heterocycles. The Morgan fingerprint density at radius 3 is 1.51 bits per heavy atom. The number of halogens is 2. The minimum Gasteiger partial charge on any atom is -0.468 e. The predicted octanol–water partition coefficient (Wildman–Crippen LogP) is 5.52. The average Bonchev–Trinajstić information content (AvgIpc) is 2.80. The van der Waals surface area contributed by atoms with E-state index in [1.165, 1.54) is 7.11 Å². The van der Waals surface area contributed by atoms with Gasteiger partial charge in [0.15, 0.2) is 0 Å². The molecule has 1 atom stereocenters. The molecule has 2 N–H and O–H groups in total. The highest BCUT2D eigenvalue weighted by Gasteiger charge is 2.41. The zero-order valence-corrected chi connectivity index (χ0v) is 24.5. The number of benzene rings is 2. The molecule has 35 heavy (non-hydrogen) atoms. The highest BCUT2D eigenvalue weighted by Crippen LogP contribution is 2.35. The smallest absolute Gasteiger partial charge is 0.322 e. The van der Waals surface area contributed by atoms with Crippen LogP contribution in [0.3, 0.4) is 0 Å². The van der Waals surface area contributed by atoms with Gasteiger partial charge in [0.2, 0.25) is 11.8 Å². The number of hydrogen-bond acceptors (Lipinski definition) is 4. The number of hydrogen-bond donors (Lipinski definition) is 2. The molecule has 8 heteroatoms. The minimum atomic E-state index is -0.880. The van der Waals surface area contributed by atoms with Gasteiger partial charge in [0.05, 0.1) is 11.4 Å². The molecule has 0 aromatic heterocycles. The molecule has 1 unspecified atom stereocenters. The van der Waals surface area contributed by atoms with Gasteiger partial charge in [-0.15, -0.1) is 0 Å². The van der Waals surface area contributed by atoms with E-state index in [4.69, 9.17) is 4.74 Å². The number of methoxy groups -OCH3 is 1. The van der Waals surface area contributed by atoms with Crippen molar-refractivity contribution in [1.29, 1.82) is 0 Å². The molecule has 6 nitrogen and oxygen atoms in total. The van der Waals surface area contributed by atoms with Crippen LogP contribution in [-0.4, -0.2) is 33.5 Å². The third-order valence-electron chi connectivity index (χ3n) is 5.13. The van der Waals surface area contributed by atoms with E-state index in [-0.39, 0.29) is 17.8 Å². The van der Waals surface area contributed by atoms with Crippen molar-refractivity contribution in [2.75, 3.05) is 7.11 Å². The molecule has 0 saturated heterocycles. The summed E-state index contributed by atoms with van der Waals surface area (Å²) in [7, 11) is 1.34. The second-order valence-corrected chi connectivity index (χ2v) is 13.3. The van der Waals surface area contributed by atoms with Gasteiger partial charge >= 0.3 is 5.97 Å². The standard InChI is InChI=1S/C16H22BrNO3.C11H14BrNO/c1-15(2,11-16(3,17)14(20)21-4)13(19)18-10-12-8-6-5-7-9-12;1-11(2,12)10(14)13-8-9-6-4-3-5-7-9/h5-9H,10-11H2,1-4H3,(H,18,19);3-7H,8H2,1-2H3,(H,13,14). The molecule has 0 radical (unpaired) electrons. The molecular formula is C27H36Br2N2O4. The van der Waals surface area contributed by atoms with Crippen LogP contribution >= 0.6 is 31.9 Å². The molecule has 2 amide bonds. The van der Waals surface area contributed by atoms with Crippen molar-refractivity contribution in [3.05, 3.63) is 71.8 Å². The number of amides is 2. The summed E-state index contributed by atoms with van der Waals surface area (Å²) >= 11 is 6.66. The molecule has 0 spiro atoms. The Morgan fingerprint density at radius 1 is 0.743 bits per heavy atom. The van der Waals surface area contributed by atoms with E-state index in [0.717, 1.165) is 11.1 Å². The first kappa shape index (κ1) is 30.8. The average molecular weight is 612 g/mol. The van der Waals surface area contributed by atoms with Crippen molar-refractivity contribution < 1.29 is 19.1 Å². The monoisotopic (exact) mass is 610 g/mol. The lowest BCUT2D eigenvalue weighted by molar-refractivity contribution is -0.144. The van der Waals surface area contributed by atoms with Crippen LogP contribution in [0.25, 0.3) is 0 Å². The normalized spacial score (nSPS) is 12.9. The van der Waals surface area contributed by atoms with Crippen LogP contribution in [0.4, 0.5) is 0 Å². The van der Waals surface area contributed by atoms with Crippen molar-refractivity contribution in [3.8, 4) is 0 Å². The van der Waals surface area contributed by atoms with E-state index in [1.807, 2.05) is 88.4 Å². The van der Waals surface area contributed by atoms with Gasteiger partial charge in [0.1, 0.15) is 4.32 Å². The summed E-state index contributed by atoms with van der Waals surface area (Å²) in [4.78, 5) is 35.5. The Labute approximate surface area is 225 Å². The molecule has 192 valence electrons. The van der Waals surface area contributed by atoms with E-state index in [9.17, 15) is 14.4 Å². The minimum absolute atomic E-state index is 0.00125. The van der Waals surface area contributed by atoms with Crippen LogP contribution < -0.4 is 10.6 Å². The number of rotatable bonds is 9. The van der Waals surface area contributed by atoms with Crippen LogP contribution in [0.2, 0.25) is 0 Å². The van der Waals surface area contributed by atoms with E-state index in [2.05, 4.69) is 42.5 Å². The van der Waals surface area contributed by atoms with Crippen molar-refractivity contribution in [3.63, 3.8) is 0 Å². The van der Waals surface area contributed by atoms with Crippen LogP contribution in [0, 0.1) is 5.41 Å². The number of ether oxygens (including phenoxy) is 1. The molecular weight excluding hydrogens is 576 g/mol. The van der Waals surface area contributed by atoms with Gasteiger partial charge in [0.25, 0.3) is 0 Å². The third-order valence-corrected chi connectivity index (χ3v) is 6.10. The first-order valence-corrected chi connectivity index (χ1v) is 12.9.